The molecule has 2 rings (SSSR count). The predicted molar refractivity (Wildman–Crippen MR) is 69.1 cm³/mol. The number of hydrogen-bond acceptors (Lipinski definition) is 2. The summed E-state index contributed by atoms with van der Waals surface area (Å²) in [6, 6.07) is 11.5. The lowest BCUT2D eigenvalue weighted by Gasteiger charge is -2.18. The van der Waals surface area contributed by atoms with Gasteiger partial charge in [0, 0.05) is 10.5 Å². The van der Waals surface area contributed by atoms with Crippen LogP contribution in [0.4, 0.5) is 0 Å². The highest BCUT2D eigenvalue weighted by molar-refractivity contribution is 7.85. The SMILES string of the molecule is CC(C)C(c1ccoc1)S(=O)c1ccccc1. The summed E-state index contributed by atoms with van der Waals surface area (Å²) in [6.45, 7) is 4.16. The van der Waals surface area contributed by atoms with Crippen molar-refractivity contribution >= 4 is 10.8 Å². The molecule has 1 aromatic carbocycles. The van der Waals surface area contributed by atoms with Gasteiger partial charge >= 0.3 is 0 Å². The Morgan fingerprint density at radius 2 is 1.82 bits per heavy atom. The first-order valence-corrected chi connectivity index (χ1v) is 6.89. The van der Waals surface area contributed by atoms with Crippen LogP contribution in [0, 0.1) is 5.92 Å². The fourth-order valence-electron chi connectivity index (χ4n) is 1.89. The number of furan rings is 1. The molecule has 2 nitrogen and oxygen atoms in total. The maximum Gasteiger partial charge on any atom is 0.0946 e. The quantitative estimate of drug-likeness (QED) is 0.824. The topological polar surface area (TPSA) is 30.2 Å². The molecule has 0 bridgehead atoms. The lowest BCUT2D eigenvalue weighted by atomic mass is 10.1. The molecule has 0 N–H and O–H groups in total. The van der Waals surface area contributed by atoms with Crippen molar-refractivity contribution in [2.45, 2.75) is 24.0 Å². The molecule has 1 heterocycles. The summed E-state index contributed by atoms with van der Waals surface area (Å²) in [4.78, 5) is 0.868. The summed E-state index contributed by atoms with van der Waals surface area (Å²) in [5, 5.41) is -0.0175. The van der Waals surface area contributed by atoms with E-state index in [0.29, 0.717) is 5.92 Å². The van der Waals surface area contributed by atoms with Crippen LogP contribution >= 0.6 is 0 Å². The Morgan fingerprint density at radius 3 is 2.35 bits per heavy atom. The Hall–Kier alpha value is -1.35. The van der Waals surface area contributed by atoms with Gasteiger partial charge in [-0.15, -0.1) is 0 Å². The molecule has 0 aliphatic carbocycles. The second-order valence-corrected chi connectivity index (χ2v) is 5.91. The van der Waals surface area contributed by atoms with Crippen LogP contribution in [0.3, 0.4) is 0 Å². The fraction of sp³-hybridized carbons (Fsp3) is 0.286. The molecule has 0 spiro atoms. The Morgan fingerprint density at radius 1 is 1.12 bits per heavy atom. The van der Waals surface area contributed by atoms with Crippen LogP contribution in [0.1, 0.15) is 24.7 Å². The van der Waals surface area contributed by atoms with E-state index in [1.165, 1.54) is 0 Å². The minimum atomic E-state index is -1.04. The lowest BCUT2D eigenvalue weighted by molar-refractivity contribution is 0.551. The van der Waals surface area contributed by atoms with Gasteiger partial charge in [-0.3, -0.25) is 4.21 Å². The van der Waals surface area contributed by atoms with E-state index in [2.05, 4.69) is 13.8 Å². The maximum atomic E-state index is 12.6. The number of hydrogen-bond donors (Lipinski definition) is 0. The molecule has 0 saturated heterocycles. The second-order valence-electron chi connectivity index (χ2n) is 4.33. The standard InChI is InChI=1S/C14H16O2S/c1-11(2)14(12-8-9-16-10-12)17(15)13-6-4-3-5-7-13/h3-11,14H,1-2H3. The molecule has 0 amide bonds. The van der Waals surface area contributed by atoms with Crippen LogP contribution in [0.2, 0.25) is 0 Å². The molecular formula is C14H16O2S. The molecule has 2 atom stereocenters. The van der Waals surface area contributed by atoms with Gasteiger partial charge in [-0.1, -0.05) is 32.0 Å². The van der Waals surface area contributed by atoms with Crippen LogP contribution in [-0.4, -0.2) is 4.21 Å². The third-order valence-corrected chi connectivity index (χ3v) is 4.70. The second kappa shape index (κ2) is 5.32. The van der Waals surface area contributed by atoms with Crippen LogP contribution in [-0.2, 0) is 10.8 Å². The van der Waals surface area contributed by atoms with Crippen LogP contribution < -0.4 is 0 Å². The molecule has 0 radical (unpaired) electrons. The van der Waals surface area contributed by atoms with E-state index in [0.717, 1.165) is 10.5 Å². The minimum absolute atomic E-state index is 0.0175. The molecule has 0 fully saturated rings. The van der Waals surface area contributed by atoms with Gasteiger partial charge < -0.3 is 4.42 Å². The van der Waals surface area contributed by atoms with E-state index in [1.807, 2.05) is 36.4 Å². The van der Waals surface area contributed by atoms with Gasteiger partial charge in [0.05, 0.1) is 28.6 Å². The average molecular weight is 248 g/mol. The molecule has 17 heavy (non-hydrogen) atoms. The summed E-state index contributed by atoms with van der Waals surface area (Å²) >= 11 is 0. The highest BCUT2D eigenvalue weighted by Crippen LogP contribution is 2.32. The fourth-order valence-corrected chi connectivity index (χ4v) is 3.49. The molecule has 2 unspecified atom stereocenters. The zero-order chi connectivity index (χ0) is 12.3. The molecule has 90 valence electrons. The molecule has 0 saturated carbocycles. The van der Waals surface area contributed by atoms with Crippen molar-refractivity contribution in [3.05, 3.63) is 54.5 Å². The number of benzene rings is 1. The van der Waals surface area contributed by atoms with Crippen molar-refractivity contribution in [3.8, 4) is 0 Å². The van der Waals surface area contributed by atoms with Crippen LogP contribution in [0.5, 0.6) is 0 Å². The molecule has 3 heteroatoms. The molecule has 2 aromatic rings. The maximum absolute atomic E-state index is 12.6. The zero-order valence-electron chi connectivity index (χ0n) is 10.00. The van der Waals surface area contributed by atoms with E-state index in [4.69, 9.17) is 4.42 Å². The van der Waals surface area contributed by atoms with Gasteiger partial charge in [0.2, 0.25) is 0 Å². The van der Waals surface area contributed by atoms with Crippen molar-refractivity contribution in [1.29, 1.82) is 0 Å². The van der Waals surface area contributed by atoms with Crippen LogP contribution in [0.15, 0.2) is 58.2 Å². The van der Waals surface area contributed by atoms with Gasteiger partial charge in [0.1, 0.15) is 0 Å². The van der Waals surface area contributed by atoms with Gasteiger partial charge in [0.15, 0.2) is 0 Å². The summed E-state index contributed by atoms with van der Waals surface area (Å²) < 4.78 is 17.7. The third kappa shape index (κ3) is 2.67. The number of rotatable bonds is 4. The van der Waals surface area contributed by atoms with E-state index in [1.54, 1.807) is 12.5 Å². The van der Waals surface area contributed by atoms with Crippen molar-refractivity contribution in [1.82, 2.24) is 0 Å². The Bertz CT molecular complexity index is 474. The highest BCUT2D eigenvalue weighted by atomic mass is 32.2. The molecule has 0 aliphatic heterocycles. The van der Waals surface area contributed by atoms with E-state index >= 15 is 0 Å². The highest BCUT2D eigenvalue weighted by Gasteiger charge is 2.24. The monoisotopic (exact) mass is 248 g/mol. The Kier molecular flexibility index (Phi) is 3.79. The predicted octanol–water partition coefficient (Wildman–Crippen LogP) is 3.78. The molecule has 1 aromatic heterocycles. The van der Waals surface area contributed by atoms with E-state index in [-0.39, 0.29) is 5.25 Å². The summed E-state index contributed by atoms with van der Waals surface area (Å²) in [7, 11) is -1.04. The molecule has 0 aliphatic rings. The smallest absolute Gasteiger partial charge is 0.0946 e. The van der Waals surface area contributed by atoms with Gasteiger partial charge in [-0.2, -0.15) is 0 Å². The minimum Gasteiger partial charge on any atom is -0.472 e. The van der Waals surface area contributed by atoms with Crippen molar-refractivity contribution in [2.24, 2.45) is 5.92 Å². The van der Waals surface area contributed by atoms with Crippen molar-refractivity contribution < 1.29 is 8.63 Å². The van der Waals surface area contributed by atoms with Crippen LogP contribution in [0.25, 0.3) is 0 Å². The first-order chi connectivity index (χ1) is 8.20. The van der Waals surface area contributed by atoms with Crippen molar-refractivity contribution in [3.63, 3.8) is 0 Å². The first kappa shape index (κ1) is 12.1. The summed E-state index contributed by atoms with van der Waals surface area (Å²) in [5.41, 5.74) is 1.00. The van der Waals surface area contributed by atoms with Gasteiger partial charge in [0.25, 0.3) is 0 Å². The van der Waals surface area contributed by atoms with Gasteiger partial charge in [-0.05, 0) is 24.1 Å². The lowest BCUT2D eigenvalue weighted by Crippen LogP contribution is -2.12. The van der Waals surface area contributed by atoms with Gasteiger partial charge in [-0.25, -0.2) is 0 Å². The summed E-state index contributed by atoms with van der Waals surface area (Å²) in [6.07, 6.45) is 3.32. The Balaban J connectivity index is 2.33. The Labute approximate surface area is 104 Å². The van der Waals surface area contributed by atoms with E-state index < -0.39 is 10.8 Å². The largest absolute Gasteiger partial charge is 0.472 e. The third-order valence-electron chi connectivity index (χ3n) is 2.68. The van der Waals surface area contributed by atoms with Crippen molar-refractivity contribution in [2.75, 3.05) is 0 Å². The zero-order valence-corrected chi connectivity index (χ0v) is 10.8. The average Bonchev–Trinajstić information content (AvgIpc) is 2.83. The summed E-state index contributed by atoms with van der Waals surface area (Å²) in [5.74, 6) is 0.300. The first-order valence-electron chi connectivity index (χ1n) is 5.68. The van der Waals surface area contributed by atoms with E-state index in [9.17, 15) is 4.21 Å². The normalized spacial score (nSPS) is 14.8. The molecular weight excluding hydrogens is 232 g/mol.